The molecule has 3 aromatic heterocycles. The van der Waals surface area contributed by atoms with Gasteiger partial charge in [-0.3, -0.25) is 29.3 Å². The fourth-order valence-electron chi connectivity index (χ4n) is 4.15. The summed E-state index contributed by atoms with van der Waals surface area (Å²) in [5, 5.41) is 13.0. The lowest BCUT2D eigenvalue weighted by atomic mass is 9.89. The number of nitrogens with one attached hydrogen (secondary N) is 2. The average molecular weight is 574 g/mol. The number of carbonyl (C=O) groups excluding carboxylic acids is 3. The molecule has 0 unspecified atom stereocenters. The van der Waals surface area contributed by atoms with Gasteiger partial charge in [-0.15, -0.1) is 10.2 Å². The molecule has 3 heterocycles. The van der Waals surface area contributed by atoms with E-state index in [1.54, 1.807) is 56.4 Å². The van der Waals surface area contributed by atoms with E-state index in [2.05, 4.69) is 35.5 Å². The van der Waals surface area contributed by atoms with Gasteiger partial charge in [0.15, 0.2) is 0 Å². The van der Waals surface area contributed by atoms with Gasteiger partial charge in [0.1, 0.15) is 18.1 Å². The summed E-state index contributed by atoms with van der Waals surface area (Å²) >= 11 is 0. The van der Waals surface area contributed by atoms with Crippen molar-refractivity contribution in [2.75, 3.05) is 12.4 Å². The number of nitrogens with zero attached hydrogens (tertiary/aromatic N) is 5. The van der Waals surface area contributed by atoms with Crippen LogP contribution in [0, 0.1) is 5.92 Å². The van der Waals surface area contributed by atoms with E-state index in [9.17, 15) is 19.2 Å². The summed E-state index contributed by atoms with van der Waals surface area (Å²) in [6, 6.07) is 13.2. The molecular formula is C29H31N7O6. The second-order valence-electron chi connectivity index (χ2n) is 10.3. The van der Waals surface area contributed by atoms with Crippen molar-refractivity contribution >= 4 is 23.5 Å². The Kier molecular flexibility index (Phi) is 8.89. The third-order valence-electron chi connectivity index (χ3n) is 6.54. The summed E-state index contributed by atoms with van der Waals surface area (Å²) in [5.41, 5.74) is -0.389. The van der Waals surface area contributed by atoms with Crippen LogP contribution in [0.4, 0.5) is 10.5 Å². The van der Waals surface area contributed by atoms with Gasteiger partial charge in [0.25, 0.3) is 11.4 Å². The number of rotatable bonds is 10. The minimum atomic E-state index is -1.04. The molecule has 0 radical (unpaired) electrons. The van der Waals surface area contributed by atoms with E-state index in [-0.39, 0.29) is 29.2 Å². The number of methoxy groups -OCH3 is 1. The fourth-order valence-corrected chi connectivity index (χ4v) is 4.15. The second kappa shape index (κ2) is 12.5. The van der Waals surface area contributed by atoms with Gasteiger partial charge in [0, 0.05) is 11.8 Å². The highest BCUT2D eigenvalue weighted by molar-refractivity contribution is 5.98. The lowest BCUT2D eigenvalue weighted by Crippen LogP contribution is -2.46. The van der Waals surface area contributed by atoms with E-state index >= 15 is 0 Å². The number of aromatic nitrogens is 5. The summed E-state index contributed by atoms with van der Waals surface area (Å²) in [7, 11) is 1.15. The number of pyridine rings is 1. The predicted molar refractivity (Wildman–Crippen MR) is 152 cm³/mol. The number of ether oxygens (including phenoxy) is 1. The number of anilines is 1. The van der Waals surface area contributed by atoms with Crippen molar-refractivity contribution in [2.45, 2.75) is 45.7 Å². The molecule has 13 nitrogen and oxygen atoms in total. The van der Waals surface area contributed by atoms with Crippen molar-refractivity contribution in [2.24, 2.45) is 5.92 Å². The fraction of sp³-hybridized carbons (Fsp3) is 0.310. The van der Waals surface area contributed by atoms with Crippen LogP contribution in [-0.2, 0) is 21.5 Å². The van der Waals surface area contributed by atoms with Crippen molar-refractivity contribution in [3.05, 3.63) is 88.8 Å². The van der Waals surface area contributed by atoms with Gasteiger partial charge in [0.2, 0.25) is 17.6 Å². The van der Waals surface area contributed by atoms with Crippen LogP contribution in [0.25, 0.3) is 11.4 Å². The Hall–Kier alpha value is -5.20. The van der Waals surface area contributed by atoms with Crippen molar-refractivity contribution < 1.29 is 23.5 Å². The Labute approximate surface area is 241 Å². The lowest BCUT2D eigenvalue weighted by molar-refractivity contribution is -0.122. The summed E-state index contributed by atoms with van der Waals surface area (Å²) < 4.78 is 11.5. The van der Waals surface area contributed by atoms with Gasteiger partial charge in [-0.25, -0.2) is 9.78 Å². The molecule has 4 rings (SSSR count). The number of ketones is 1. The molecule has 0 saturated heterocycles. The Morgan fingerprint density at radius 1 is 1.02 bits per heavy atom. The molecule has 4 aromatic rings. The maximum absolute atomic E-state index is 13.4. The molecule has 13 heteroatoms. The van der Waals surface area contributed by atoms with Crippen LogP contribution < -0.4 is 16.2 Å². The Morgan fingerprint density at radius 2 is 1.74 bits per heavy atom. The number of carbonyl (C=O) groups is 3. The topological polar surface area (TPSA) is 171 Å². The molecule has 0 bridgehead atoms. The maximum Gasteiger partial charge on any atom is 0.411 e. The minimum Gasteiger partial charge on any atom is -0.453 e. The smallest absolute Gasteiger partial charge is 0.411 e. The number of hydrogen-bond donors (Lipinski definition) is 2. The monoisotopic (exact) mass is 573 g/mol. The van der Waals surface area contributed by atoms with Gasteiger partial charge in [0.05, 0.1) is 30.5 Å². The summed E-state index contributed by atoms with van der Waals surface area (Å²) in [5.74, 6) is -1.47. The van der Waals surface area contributed by atoms with Crippen LogP contribution in [-0.4, -0.2) is 55.7 Å². The molecule has 218 valence electrons. The molecule has 0 aliphatic carbocycles. The van der Waals surface area contributed by atoms with E-state index < -0.39 is 41.3 Å². The largest absolute Gasteiger partial charge is 0.453 e. The highest BCUT2D eigenvalue weighted by Gasteiger charge is 2.35. The quantitative estimate of drug-likeness (QED) is 0.268. The van der Waals surface area contributed by atoms with E-state index in [1.165, 1.54) is 6.20 Å². The van der Waals surface area contributed by atoms with E-state index in [1.807, 2.05) is 26.0 Å². The first-order chi connectivity index (χ1) is 20.0. The molecule has 1 atom stereocenters. The molecule has 0 spiro atoms. The van der Waals surface area contributed by atoms with Crippen LogP contribution >= 0.6 is 0 Å². The lowest BCUT2D eigenvalue weighted by Gasteiger charge is -2.21. The highest BCUT2D eigenvalue weighted by Crippen LogP contribution is 2.29. The summed E-state index contributed by atoms with van der Waals surface area (Å²) in [4.78, 5) is 60.5. The third-order valence-corrected chi connectivity index (χ3v) is 6.54. The molecule has 0 fully saturated rings. The molecule has 0 aliphatic rings. The van der Waals surface area contributed by atoms with Gasteiger partial charge in [-0.2, -0.15) is 0 Å². The van der Waals surface area contributed by atoms with Crippen molar-refractivity contribution in [3.8, 4) is 11.4 Å². The number of hydrogen-bond acceptors (Lipinski definition) is 10. The SMILES string of the molecule is COC(=O)Nc1cnc(-c2ccccc2)n(CC(=O)N[C@H](C(=O)c2nnc(C(C)(C)c3ccccn3)o2)C(C)C)c1=O. The zero-order chi connectivity index (χ0) is 30.4. The van der Waals surface area contributed by atoms with E-state index in [4.69, 9.17) is 4.42 Å². The first kappa shape index (κ1) is 29.8. The zero-order valence-corrected chi connectivity index (χ0v) is 23.8. The third kappa shape index (κ3) is 6.40. The van der Waals surface area contributed by atoms with Gasteiger partial charge in [-0.05, 0) is 31.9 Å². The Balaban J connectivity index is 1.60. The zero-order valence-electron chi connectivity index (χ0n) is 23.8. The predicted octanol–water partition coefficient (Wildman–Crippen LogP) is 3.22. The normalized spacial score (nSPS) is 12.0. The summed E-state index contributed by atoms with van der Waals surface area (Å²) in [6.45, 7) is 6.70. The summed E-state index contributed by atoms with van der Waals surface area (Å²) in [6.07, 6.45) is 1.97. The number of benzene rings is 1. The van der Waals surface area contributed by atoms with Crippen LogP contribution in [0.1, 0.15) is 50.0 Å². The molecular weight excluding hydrogens is 542 g/mol. The molecule has 2 N–H and O–H groups in total. The minimum absolute atomic E-state index is 0.181. The van der Waals surface area contributed by atoms with Gasteiger partial charge >= 0.3 is 6.09 Å². The maximum atomic E-state index is 13.4. The van der Waals surface area contributed by atoms with Gasteiger partial charge < -0.3 is 14.5 Å². The van der Waals surface area contributed by atoms with Crippen LogP contribution in [0.3, 0.4) is 0 Å². The van der Waals surface area contributed by atoms with E-state index in [0.29, 0.717) is 11.3 Å². The Bertz CT molecular complexity index is 1630. The first-order valence-corrected chi connectivity index (χ1v) is 13.1. The highest BCUT2D eigenvalue weighted by atomic mass is 16.5. The number of amides is 2. The van der Waals surface area contributed by atoms with Crippen molar-refractivity contribution in [1.29, 1.82) is 0 Å². The van der Waals surface area contributed by atoms with Crippen LogP contribution in [0.15, 0.2) is 70.1 Å². The van der Waals surface area contributed by atoms with Crippen LogP contribution in [0.5, 0.6) is 0 Å². The number of Topliss-reactive ketones (excluding diaryl/α,β-unsaturated/α-hetero) is 1. The molecule has 2 amide bonds. The first-order valence-electron chi connectivity index (χ1n) is 13.1. The molecule has 0 aliphatic heterocycles. The average Bonchev–Trinajstić information content (AvgIpc) is 3.50. The van der Waals surface area contributed by atoms with Crippen molar-refractivity contribution in [1.82, 2.24) is 30.0 Å². The molecule has 1 aromatic carbocycles. The standard InChI is InChI=1S/C29H31N7O6/c1-17(2)22(23(38)25-34-35-27(42-25)29(3,4)20-13-9-10-14-30-20)33-21(37)16-36-24(18-11-7-6-8-12-18)31-15-19(26(36)39)32-28(40)41-5/h6-15,17,22H,16H2,1-5H3,(H,32,40)(H,33,37)/t22-/m0/s1. The van der Waals surface area contributed by atoms with Crippen LogP contribution in [0.2, 0.25) is 0 Å². The Morgan fingerprint density at radius 3 is 2.38 bits per heavy atom. The molecule has 0 saturated carbocycles. The van der Waals surface area contributed by atoms with E-state index in [0.717, 1.165) is 11.7 Å². The van der Waals surface area contributed by atoms with Gasteiger partial charge in [-0.1, -0.05) is 50.2 Å². The second-order valence-corrected chi connectivity index (χ2v) is 10.3. The van der Waals surface area contributed by atoms with Crippen molar-refractivity contribution in [3.63, 3.8) is 0 Å². The molecule has 42 heavy (non-hydrogen) atoms.